The summed E-state index contributed by atoms with van der Waals surface area (Å²) in [5.74, 6) is 1.85. The van der Waals surface area contributed by atoms with Crippen LogP contribution in [0.15, 0.2) is 42.1 Å². The molecule has 0 aliphatic heterocycles. The first kappa shape index (κ1) is 18.2. The summed E-state index contributed by atoms with van der Waals surface area (Å²) in [4.78, 5) is 13.0. The van der Waals surface area contributed by atoms with Gasteiger partial charge in [-0.2, -0.15) is 5.10 Å². The summed E-state index contributed by atoms with van der Waals surface area (Å²) >= 11 is 0. The molecule has 2 saturated carbocycles. The molecule has 2 aromatic rings. The number of nitrogens with zero attached hydrogens (tertiary/aromatic N) is 2. The molecular formula is C24H30N2O. The average molecular weight is 363 g/mol. The average Bonchev–Trinajstić information content (AvgIpc) is 3.38. The van der Waals surface area contributed by atoms with Crippen molar-refractivity contribution in [3.63, 3.8) is 0 Å². The lowest BCUT2D eigenvalue weighted by Gasteiger charge is -2.15. The minimum Gasteiger partial charge on any atom is -0.294 e. The van der Waals surface area contributed by atoms with E-state index in [1.807, 2.05) is 22.9 Å². The van der Waals surface area contributed by atoms with Gasteiger partial charge in [-0.15, -0.1) is 0 Å². The lowest BCUT2D eigenvalue weighted by molar-refractivity contribution is -0.119. The second kappa shape index (κ2) is 7.84. The highest BCUT2D eigenvalue weighted by Crippen LogP contribution is 2.41. The van der Waals surface area contributed by atoms with E-state index in [2.05, 4.69) is 38.3 Å². The molecule has 1 atom stereocenters. The number of rotatable bonds is 5. The maximum atomic E-state index is 13.0. The van der Waals surface area contributed by atoms with Crippen molar-refractivity contribution < 1.29 is 4.79 Å². The van der Waals surface area contributed by atoms with E-state index in [4.69, 9.17) is 5.10 Å². The van der Waals surface area contributed by atoms with Gasteiger partial charge in [-0.25, -0.2) is 4.68 Å². The SMILES string of the molecule is CC(C)Cc1nn(-c2ccccc2)cc1/C=C1\CC[C@@H](C2CCCC2)C1=O. The molecule has 1 heterocycles. The summed E-state index contributed by atoms with van der Waals surface area (Å²) in [7, 11) is 0. The Morgan fingerprint density at radius 3 is 2.59 bits per heavy atom. The van der Waals surface area contributed by atoms with Crippen LogP contribution in [0.2, 0.25) is 0 Å². The van der Waals surface area contributed by atoms with E-state index in [1.165, 1.54) is 25.7 Å². The predicted octanol–water partition coefficient (Wildman–Crippen LogP) is 5.62. The highest BCUT2D eigenvalue weighted by atomic mass is 16.1. The van der Waals surface area contributed by atoms with Crippen LogP contribution in [0.4, 0.5) is 0 Å². The van der Waals surface area contributed by atoms with Gasteiger partial charge in [-0.3, -0.25) is 4.79 Å². The van der Waals surface area contributed by atoms with Crippen molar-refractivity contribution in [2.75, 3.05) is 0 Å². The zero-order valence-electron chi connectivity index (χ0n) is 16.5. The second-order valence-electron chi connectivity index (χ2n) is 8.63. The van der Waals surface area contributed by atoms with Gasteiger partial charge in [0.1, 0.15) is 0 Å². The molecule has 4 rings (SSSR count). The number of ketones is 1. The van der Waals surface area contributed by atoms with Gasteiger partial charge in [0.15, 0.2) is 5.78 Å². The molecule has 0 radical (unpaired) electrons. The predicted molar refractivity (Wildman–Crippen MR) is 110 cm³/mol. The zero-order chi connectivity index (χ0) is 18.8. The van der Waals surface area contributed by atoms with Gasteiger partial charge in [0.05, 0.1) is 11.4 Å². The van der Waals surface area contributed by atoms with Crippen molar-refractivity contribution in [2.45, 2.75) is 58.8 Å². The molecule has 1 aromatic heterocycles. The minimum absolute atomic E-state index is 0.275. The first-order valence-electron chi connectivity index (χ1n) is 10.5. The molecule has 27 heavy (non-hydrogen) atoms. The number of Topliss-reactive ketones (excluding diaryl/α,β-unsaturated/α-hetero) is 1. The highest BCUT2D eigenvalue weighted by Gasteiger charge is 2.36. The Hall–Kier alpha value is -2.16. The summed E-state index contributed by atoms with van der Waals surface area (Å²) in [6.07, 6.45) is 12.2. The molecule has 2 aliphatic rings. The molecule has 2 fully saturated rings. The van der Waals surface area contributed by atoms with E-state index in [-0.39, 0.29) is 5.92 Å². The summed E-state index contributed by atoms with van der Waals surface area (Å²) < 4.78 is 1.96. The van der Waals surface area contributed by atoms with Crippen LogP contribution in [0.3, 0.4) is 0 Å². The topological polar surface area (TPSA) is 34.9 Å². The Morgan fingerprint density at radius 1 is 1.15 bits per heavy atom. The third-order valence-electron chi connectivity index (χ3n) is 6.12. The van der Waals surface area contributed by atoms with Crippen molar-refractivity contribution in [3.05, 3.63) is 53.4 Å². The van der Waals surface area contributed by atoms with Crippen LogP contribution >= 0.6 is 0 Å². The van der Waals surface area contributed by atoms with Gasteiger partial charge in [0, 0.05) is 17.7 Å². The third kappa shape index (κ3) is 3.92. The van der Waals surface area contributed by atoms with Crippen molar-refractivity contribution in [1.82, 2.24) is 9.78 Å². The van der Waals surface area contributed by atoms with Gasteiger partial charge in [-0.1, -0.05) is 44.9 Å². The van der Waals surface area contributed by atoms with Gasteiger partial charge < -0.3 is 0 Å². The molecule has 0 unspecified atom stereocenters. The monoisotopic (exact) mass is 362 g/mol. The van der Waals surface area contributed by atoms with Gasteiger partial charge in [-0.05, 0) is 67.7 Å². The van der Waals surface area contributed by atoms with E-state index in [1.54, 1.807) is 0 Å². The second-order valence-corrected chi connectivity index (χ2v) is 8.63. The number of hydrogen-bond donors (Lipinski definition) is 0. The standard InChI is InChI=1S/C24H30N2O/c1-17(2)14-23-20(16-26(25-23)21-10-4-3-5-11-21)15-19-12-13-22(24(19)27)18-8-6-7-9-18/h3-5,10-11,15-18,22H,6-9,12-14H2,1-2H3/b19-15+/t22-/m0/s1. The van der Waals surface area contributed by atoms with Gasteiger partial charge >= 0.3 is 0 Å². The molecular weight excluding hydrogens is 332 g/mol. The van der Waals surface area contributed by atoms with Crippen molar-refractivity contribution >= 4 is 11.9 Å². The van der Waals surface area contributed by atoms with Crippen LogP contribution in [-0.4, -0.2) is 15.6 Å². The molecule has 2 aliphatic carbocycles. The van der Waals surface area contributed by atoms with Crippen LogP contribution in [0.1, 0.15) is 63.6 Å². The molecule has 1 aromatic carbocycles. The van der Waals surface area contributed by atoms with E-state index < -0.39 is 0 Å². The zero-order valence-corrected chi connectivity index (χ0v) is 16.5. The smallest absolute Gasteiger partial charge is 0.162 e. The van der Waals surface area contributed by atoms with E-state index in [9.17, 15) is 4.79 Å². The fourth-order valence-corrected chi connectivity index (χ4v) is 4.75. The minimum atomic E-state index is 0.275. The Morgan fingerprint density at radius 2 is 1.89 bits per heavy atom. The number of aromatic nitrogens is 2. The molecule has 0 amide bonds. The Labute approximate surface area is 162 Å². The first-order valence-corrected chi connectivity index (χ1v) is 10.5. The largest absolute Gasteiger partial charge is 0.294 e. The Kier molecular flexibility index (Phi) is 5.29. The van der Waals surface area contributed by atoms with E-state index >= 15 is 0 Å². The number of hydrogen-bond acceptors (Lipinski definition) is 2. The summed E-state index contributed by atoms with van der Waals surface area (Å²) in [5.41, 5.74) is 4.29. The fourth-order valence-electron chi connectivity index (χ4n) is 4.75. The lowest BCUT2D eigenvalue weighted by Crippen LogP contribution is -2.16. The number of carbonyl (C=O) groups is 1. The Bertz CT molecular complexity index is 825. The maximum Gasteiger partial charge on any atom is 0.162 e. The molecule has 3 heteroatoms. The molecule has 3 nitrogen and oxygen atoms in total. The van der Waals surface area contributed by atoms with Crippen LogP contribution in [-0.2, 0) is 11.2 Å². The number of para-hydroxylation sites is 1. The summed E-state index contributed by atoms with van der Waals surface area (Å²) in [5, 5.41) is 4.84. The molecule has 0 bridgehead atoms. The van der Waals surface area contributed by atoms with Crippen LogP contribution in [0.25, 0.3) is 11.8 Å². The van der Waals surface area contributed by atoms with E-state index in [0.29, 0.717) is 17.6 Å². The van der Waals surface area contributed by atoms with Crippen LogP contribution in [0.5, 0.6) is 0 Å². The molecule has 0 saturated heterocycles. The highest BCUT2D eigenvalue weighted by molar-refractivity contribution is 6.03. The maximum absolute atomic E-state index is 13.0. The number of allylic oxidation sites excluding steroid dienone is 1. The molecule has 0 spiro atoms. The van der Waals surface area contributed by atoms with Crippen molar-refractivity contribution in [1.29, 1.82) is 0 Å². The summed E-state index contributed by atoms with van der Waals surface area (Å²) in [6.45, 7) is 4.44. The van der Waals surface area contributed by atoms with Crippen LogP contribution in [0, 0.1) is 17.8 Å². The van der Waals surface area contributed by atoms with Gasteiger partial charge in [0.2, 0.25) is 0 Å². The molecule has 0 N–H and O–H groups in total. The Balaban J connectivity index is 1.63. The fraction of sp³-hybridized carbons (Fsp3) is 0.500. The first-order chi connectivity index (χ1) is 13.1. The van der Waals surface area contributed by atoms with Crippen molar-refractivity contribution in [2.24, 2.45) is 17.8 Å². The summed E-state index contributed by atoms with van der Waals surface area (Å²) in [6, 6.07) is 10.2. The van der Waals surface area contributed by atoms with Crippen molar-refractivity contribution in [3.8, 4) is 5.69 Å². The van der Waals surface area contributed by atoms with Gasteiger partial charge in [0.25, 0.3) is 0 Å². The number of carbonyl (C=O) groups excluding carboxylic acids is 1. The quantitative estimate of drug-likeness (QED) is 0.647. The normalized spacial score (nSPS) is 22.4. The van der Waals surface area contributed by atoms with E-state index in [0.717, 1.165) is 41.8 Å². The third-order valence-corrected chi connectivity index (χ3v) is 6.12. The van der Waals surface area contributed by atoms with Crippen LogP contribution < -0.4 is 0 Å². The molecule has 142 valence electrons. The number of benzene rings is 1. The lowest BCUT2D eigenvalue weighted by atomic mass is 9.88.